The van der Waals surface area contributed by atoms with Crippen LogP contribution in [0, 0.1) is 0 Å². The van der Waals surface area contributed by atoms with Crippen LogP contribution in [0.2, 0.25) is 0 Å². The molecule has 1 heterocycles. The Kier molecular flexibility index (Phi) is 4.77. The van der Waals surface area contributed by atoms with Crippen LogP contribution >= 0.6 is 11.8 Å². The zero-order valence-electron chi connectivity index (χ0n) is 11.9. The zero-order valence-corrected chi connectivity index (χ0v) is 12.7. The fourth-order valence-electron chi connectivity index (χ4n) is 2.24. The second-order valence-electron chi connectivity index (χ2n) is 4.77. The van der Waals surface area contributed by atoms with Crippen molar-refractivity contribution in [2.24, 2.45) is 0 Å². The fourth-order valence-corrected chi connectivity index (χ4v) is 2.83. The molecule has 1 aromatic heterocycles. The van der Waals surface area contributed by atoms with E-state index in [9.17, 15) is 0 Å². The number of para-hydroxylation sites is 1. The molecule has 2 atom stereocenters. The number of fused-ring (bicyclic) bond motifs is 1. The predicted molar refractivity (Wildman–Crippen MR) is 82.2 cm³/mol. The largest absolute Gasteiger partial charge is 0.493 e. The summed E-state index contributed by atoms with van der Waals surface area (Å²) in [6.45, 7) is 4.32. The summed E-state index contributed by atoms with van der Waals surface area (Å²) in [4.78, 5) is 0. The lowest BCUT2D eigenvalue weighted by atomic mass is 10.2. The van der Waals surface area contributed by atoms with Gasteiger partial charge in [0.25, 0.3) is 0 Å². The van der Waals surface area contributed by atoms with E-state index >= 15 is 0 Å². The van der Waals surface area contributed by atoms with Gasteiger partial charge in [-0.05, 0) is 32.2 Å². The normalized spacial score (nSPS) is 14.5. The summed E-state index contributed by atoms with van der Waals surface area (Å²) in [6, 6.07) is 8.68. The third-order valence-corrected chi connectivity index (χ3v) is 3.96. The number of hydrogen-bond donors (Lipinski definition) is 1. The monoisotopic (exact) mass is 279 g/mol. The van der Waals surface area contributed by atoms with Crippen LogP contribution in [0.15, 0.2) is 28.7 Å². The highest BCUT2D eigenvalue weighted by Crippen LogP contribution is 2.30. The summed E-state index contributed by atoms with van der Waals surface area (Å²) in [7, 11) is 1.67. The van der Waals surface area contributed by atoms with Gasteiger partial charge in [-0.25, -0.2) is 0 Å². The van der Waals surface area contributed by atoms with Crippen LogP contribution in [0.1, 0.15) is 25.6 Å². The van der Waals surface area contributed by atoms with Crippen LogP contribution in [0.25, 0.3) is 11.0 Å². The summed E-state index contributed by atoms with van der Waals surface area (Å²) in [5.41, 5.74) is 0.825. The second-order valence-corrected chi connectivity index (χ2v) is 5.68. The van der Waals surface area contributed by atoms with Crippen LogP contribution in [0.5, 0.6) is 5.75 Å². The minimum Gasteiger partial charge on any atom is -0.493 e. The van der Waals surface area contributed by atoms with Gasteiger partial charge in [0.1, 0.15) is 5.76 Å². The van der Waals surface area contributed by atoms with Gasteiger partial charge in [-0.2, -0.15) is 11.8 Å². The molecule has 2 rings (SSSR count). The van der Waals surface area contributed by atoms with Gasteiger partial charge < -0.3 is 14.5 Å². The summed E-state index contributed by atoms with van der Waals surface area (Å²) in [6.07, 6.45) is 2.12. The molecule has 1 N–H and O–H groups in total. The quantitative estimate of drug-likeness (QED) is 0.871. The molecule has 4 heteroatoms. The molecule has 0 aliphatic rings. The first kappa shape index (κ1) is 14.3. The molecule has 2 unspecified atom stereocenters. The van der Waals surface area contributed by atoms with E-state index in [1.54, 1.807) is 7.11 Å². The van der Waals surface area contributed by atoms with Crippen LogP contribution < -0.4 is 10.1 Å². The predicted octanol–water partition coefficient (Wildman–Crippen LogP) is 3.84. The van der Waals surface area contributed by atoms with E-state index in [1.165, 1.54) is 0 Å². The minimum absolute atomic E-state index is 0.194. The first-order valence-corrected chi connectivity index (χ1v) is 7.86. The Hall–Kier alpha value is -1.13. The molecule has 0 fully saturated rings. The van der Waals surface area contributed by atoms with Crippen molar-refractivity contribution in [3.05, 3.63) is 30.0 Å². The summed E-state index contributed by atoms with van der Waals surface area (Å²) < 4.78 is 11.3. The van der Waals surface area contributed by atoms with Crippen molar-refractivity contribution in [1.29, 1.82) is 0 Å². The van der Waals surface area contributed by atoms with E-state index in [1.807, 2.05) is 30.0 Å². The van der Waals surface area contributed by atoms with Gasteiger partial charge in [-0.1, -0.05) is 12.1 Å². The molecule has 104 valence electrons. The van der Waals surface area contributed by atoms with Crippen LogP contribution in [-0.2, 0) is 0 Å². The van der Waals surface area contributed by atoms with Crippen molar-refractivity contribution in [2.75, 3.05) is 19.1 Å². The van der Waals surface area contributed by atoms with Crippen molar-refractivity contribution < 1.29 is 9.15 Å². The Bertz CT molecular complexity index is 538. The average Bonchev–Trinajstić information content (AvgIpc) is 2.82. The second kappa shape index (κ2) is 6.35. The van der Waals surface area contributed by atoms with Crippen molar-refractivity contribution in [3.8, 4) is 5.75 Å². The molecule has 0 amide bonds. The number of rotatable bonds is 6. The molecule has 0 aliphatic carbocycles. The smallest absolute Gasteiger partial charge is 0.176 e. The van der Waals surface area contributed by atoms with E-state index < -0.39 is 0 Å². The lowest BCUT2D eigenvalue weighted by Crippen LogP contribution is -2.30. The van der Waals surface area contributed by atoms with Gasteiger partial charge in [0.15, 0.2) is 11.3 Å². The maximum atomic E-state index is 5.94. The number of methoxy groups -OCH3 is 1. The minimum atomic E-state index is 0.194. The van der Waals surface area contributed by atoms with Gasteiger partial charge in [0.05, 0.1) is 13.2 Å². The Morgan fingerprint density at radius 3 is 2.84 bits per heavy atom. The number of nitrogens with one attached hydrogen (secondary N) is 1. The topological polar surface area (TPSA) is 34.4 Å². The average molecular weight is 279 g/mol. The first-order valence-electron chi connectivity index (χ1n) is 6.47. The Morgan fingerprint density at radius 2 is 2.16 bits per heavy atom. The molecule has 0 aliphatic heterocycles. The maximum absolute atomic E-state index is 5.94. The molecule has 0 saturated carbocycles. The zero-order chi connectivity index (χ0) is 13.8. The van der Waals surface area contributed by atoms with Crippen molar-refractivity contribution in [1.82, 2.24) is 5.32 Å². The molecule has 19 heavy (non-hydrogen) atoms. The van der Waals surface area contributed by atoms with Gasteiger partial charge in [0, 0.05) is 17.2 Å². The summed E-state index contributed by atoms with van der Waals surface area (Å²) in [5, 5.41) is 4.62. The number of hydrogen-bond acceptors (Lipinski definition) is 4. The van der Waals surface area contributed by atoms with Gasteiger partial charge >= 0.3 is 0 Å². The number of thioether (sulfide) groups is 1. The maximum Gasteiger partial charge on any atom is 0.176 e. The Labute approximate surface area is 118 Å². The molecular weight excluding hydrogens is 258 g/mol. The van der Waals surface area contributed by atoms with Crippen molar-refractivity contribution >= 4 is 22.7 Å². The summed E-state index contributed by atoms with van der Waals surface area (Å²) in [5.74, 6) is 2.83. The highest BCUT2D eigenvalue weighted by Gasteiger charge is 2.15. The highest BCUT2D eigenvalue weighted by molar-refractivity contribution is 7.98. The molecule has 0 bridgehead atoms. The highest BCUT2D eigenvalue weighted by atomic mass is 32.2. The van der Waals surface area contributed by atoms with Crippen LogP contribution in [-0.4, -0.2) is 25.2 Å². The molecule has 2 aromatic rings. The van der Waals surface area contributed by atoms with Crippen molar-refractivity contribution in [2.45, 2.75) is 25.9 Å². The van der Waals surface area contributed by atoms with Gasteiger partial charge in [-0.15, -0.1) is 0 Å². The lowest BCUT2D eigenvalue weighted by Gasteiger charge is -2.17. The van der Waals surface area contributed by atoms with Crippen LogP contribution in [0.3, 0.4) is 0 Å². The van der Waals surface area contributed by atoms with E-state index in [0.717, 1.165) is 28.2 Å². The van der Waals surface area contributed by atoms with E-state index in [0.29, 0.717) is 6.04 Å². The number of benzene rings is 1. The Balaban J connectivity index is 2.21. The number of furan rings is 1. The van der Waals surface area contributed by atoms with Gasteiger partial charge in [0.2, 0.25) is 0 Å². The summed E-state index contributed by atoms with van der Waals surface area (Å²) >= 11 is 1.84. The molecule has 3 nitrogen and oxygen atoms in total. The standard InChI is InChI=1S/C15H21NO2S/c1-10(9-19-4)16-11(2)14-8-12-6-5-7-13(17-3)15(12)18-14/h5-8,10-11,16H,9H2,1-4H3. The van der Waals surface area contributed by atoms with Crippen molar-refractivity contribution in [3.63, 3.8) is 0 Å². The van der Waals surface area contributed by atoms with E-state index in [-0.39, 0.29) is 6.04 Å². The van der Waals surface area contributed by atoms with Gasteiger partial charge in [-0.3, -0.25) is 0 Å². The number of ether oxygens (including phenoxy) is 1. The first-order chi connectivity index (χ1) is 9.15. The Morgan fingerprint density at radius 1 is 1.37 bits per heavy atom. The fraction of sp³-hybridized carbons (Fsp3) is 0.467. The van der Waals surface area contributed by atoms with E-state index in [2.05, 4.69) is 31.5 Å². The lowest BCUT2D eigenvalue weighted by molar-refractivity contribution is 0.394. The molecule has 0 radical (unpaired) electrons. The third kappa shape index (κ3) is 3.25. The van der Waals surface area contributed by atoms with Crippen LogP contribution in [0.4, 0.5) is 0 Å². The van der Waals surface area contributed by atoms with E-state index in [4.69, 9.17) is 9.15 Å². The SMILES string of the molecule is COc1cccc2cc(C(C)NC(C)CSC)oc12. The molecule has 0 saturated heterocycles. The third-order valence-electron chi connectivity index (χ3n) is 3.12. The molecular formula is C15H21NO2S. The molecule has 1 aromatic carbocycles. The molecule has 0 spiro atoms.